The summed E-state index contributed by atoms with van der Waals surface area (Å²) in [6.45, 7) is 3.82. The fourth-order valence-electron chi connectivity index (χ4n) is 3.42. The molecule has 0 unspecified atom stereocenters. The number of nitrogens with zero attached hydrogens (tertiary/aromatic N) is 1. The Kier molecular flexibility index (Phi) is 6.20. The van der Waals surface area contributed by atoms with Crippen molar-refractivity contribution < 1.29 is 19.7 Å². The maximum Gasteiger partial charge on any atom is 0.344 e. The molecule has 4 amide bonds. The number of halogens is 1. The van der Waals surface area contributed by atoms with E-state index in [9.17, 15) is 14.4 Å². The van der Waals surface area contributed by atoms with Gasteiger partial charge in [-0.1, -0.05) is 61.0 Å². The molecule has 8 heteroatoms. The zero-order valence-corrected chi connectivity index (χ0v) is 17.1. The Morgan fingerprint density at radius 2 is 1.93 bits per heavy atom. The van der Waals surface area contributed by atoms with Gasteiger partial charge in [-0.2, -0.15) is 5.01 Å². The first kappa shape index (κ1) is 20.8. The van der Waals surface area contributed by atoms with Crippen molar-refractivity contribution in [2.45, 2.75) is 31.8 Å². The van der Waals surface area contributed by atoms with Crippen molar-refractivity contribution in [3.63, 3.8) is 0 Å². The van der Waals surface area contributed by atoms with E-state index < -0.39 is 23.4 Å². The molecule has 7 nitrogen and oxygen atoms in total. The number of nitrogens with two attached hydrogens (primary N) is 1. The largest absolute Gasteiger partial charge is 0.344 e. The lowest BCUT2D eigenvalue weighted by molar-refractivity contribution is -0.682. The van der Waals surface area contributed by atoms with Gasteiger partial charge in [0.15, 0.2) is 6.54 Å². The minimum Gasteiger partial charge on any atom is -0.332 e. The minimum absolute atomic E-state index is 0.0124. The van der Waals surface area contributed by atoms with Crippen LogP contribution >= 0.6 is 11.6 Å². The Balaban J connectivity index is 1.64. The molecule has 1 fully saturated rings. The van der Waals surface area contributed by atoms with Gasteiger partial charge in [-0.05, 0) is 31.0 Å². The number of nitrogens with one attached hydrogen (secondary N) is 2. The molecule has 2 aromatic rings. The molecule has 0 spiro atoms. The molecule has 2 atom stereocenters. The van der Waals surface area contributed by atoms with E-state index in [0.29, 0.717) is 17.0 Å². The molecular formula is C21H24ClN4O3+. The minimum atomic E-state index is -1.18. The molecule has 1 saturated heterocycles. The molecule has 3 rings (SSSR count). The normalized spacial score (nSPS) is 19.8. The molecule has 29 heavy (non-hydrogen) atoms. The summed E-state index contributed by atoms with van der Waals surface area (Å²) in [4.78, 5) is 37.8. The van der Waals surface area contributed by atoms with Gasteiger partial charge in [0.1, 0.15) is 11.6 Å². The van der Waals surface area contributed by atoms with Gasteiger partial charge in [0, 0.05) is 10.6 Å². The molecule has 1 aliphatic heterocycles. The van der Waals surface area contributed by atoms with Gasteiger partial charge in [0.2, 0.25) is 0 Å². The summed E-state index contributed by atoms with van der Waals surface area (Å²) >= 11 is 6.01. The van der Waals surface area contributed by atoms with Crippen LogP contribution in [0, 0.1) is 0 Å². The highest BCUT2D eigenvalue weighted by molar-refractivity contribution is 6.30. The van der Waals surface area contributed by atoms with E-state index >= 15 is 0 Å². The third-order valence-corrected chi connectivity index (χ3v) is 5.39. The van der Waals surface area contributed by atoms with Crippen molar-refractivity contribution in [3.8, 4) is 0 Å². The topological polar surface area (TPSA) is 95.1 Å². The number of hydrogen-bond donors (Lipinski definition) is 3. The summed E-state index contributed by atoms with van der Waals surface area (Å²) in [5.74, 6) is -0.935. The molecule has 0 bridgehead atoms. The Labute approximate surface area is 174 Å². The number of carbonyl (C=O) groups excluding carboxylic acids is 3. The first-order chi connectivity index (χ1) is 13.9. The van der Waals surface area contributed by atoms with E-state index in [1.807, 2.05) is 43.4 Å². The number of hydrazine groups is 1. The Morgan fingerprint density at radius 1 is 1.21 bits per heavy atom. The monoisotopic (exact) mass is 415 g/mol. The number of hydrogen-bond acceptors (Lipinski definition) is 3. The molecule has 1 aliphatic rings. The molecule has 2 aromatic carbocycles. The molecule has 0 radical (unpaired) electrons. The molecule has 0 aromatic heterocycles. The number of carbonyl (C=O) groups is 3. The van der Waals surface area contributed by atoms with Crippen LogP contribution in [-0.4, -0.2) is 29.4 Å². The van der Waals surface area contributed by atoms with E-state index in [1.165, 1.54) is 0 Å². The molecule has 0 aliphatic carbocycles. The maximum atomic E-state index is 13.0. The fraction of sp³-hybridized carbons (Fsp3) is 0.286. The van der Waals surface area contributed by atoms with Crippen LogP contribution < -0.4 is 16.1 Å². The first-order valence-corrected chi connectivity index (χ1v) is 9.85. The van der Waals surface area contributed by atoms with Crippen LogP contribution in [0.2, 0.25) is 5.02 Å². The van der Waals surface area contributed by atoms with Crippen molar-refractivity contribution in [1.29, 1.82) is 0 Å². The standard InChI is InChI=1S/C21H23ClN4O3/c1-3-21(16-9-5-4-6-10-16)19(28)26(20(29)24-21)25-18(27)13-23-14(2)15-8-7-11-17(22)12-15/h4-12,14,23H,3,13H2,1-2H3,(H,24,29)(H,25,27)/p+1/t14-,21+/m1/s1. The summed E-state index contributed by atoms with van der Waals surface area (Å²) in [7, 11) is 0. The van der Waals surface area contributed by atoms with E-state index in [2.05, 4.69) is 10.7 Å². The lowest BCUT2D eigenvalue weighted by atomic mass is 9.87. The zero-order chi connectivity index (χ0) is 21.0. The van der Waals surface area contributed by atoms with Gasteiger partial charge in [-0.25, -0.2) is 4.79 Å². The molecule has 1 heterocycles. The van der Waals surface area contributed by atoms with Crippen LogP contribution in [0.15, 0.2) is 54.6 Å². The third-order valence-electron chi connectivity index (χ3n) is 5.16. The quantitative estimate of drug-likeness (QED) is 0.602. The fourth-order valence-corrected chi connectivity index (χ4v) is 3.62. The predicted octanol–water partition coefficient (Wildman–Crippen LogP) is 1.85. The number of benzene rings is 2. The van der Waals surface area contributed by atoms with Gasteiger partial charge in [0.05, 0.1) is 0 Å². The third kappa shape index (κ3) is 4.26. The van der Waals surface area contributed by atoms with Crippen molar-refractivity contribution in [1.82, 2.24) is 15.8 Å². The summed E-state index contributed by atoms with van der Waals surface area (Å²) in [6, 6.07) is 15.8. The lowest BCUT2D eigenvalue weighted by Crippen LogP contribution is -2.87. The molecule has 4 N–H and O–H groups in total. The predicted molar refractivity (Wildman–Crippen MR) is 109 cm³/mol. The number of quaternary nitrogens is 1. The van der Waals surface area contributed by atoms with Crippen LogP contribution in [0.25, 0.3) is 0 Å². The Bertz CT molecular complexity index is 921. The van der Waals surface area contributed by atoms with E-state index in [1.54, 1.807) is 30.3 Å². The summed E-state index contributed by atoms with van der Waals surface area (Å²) in [5.41, 5.74) is 2.91. The highest BCUT2D eigenvalue weighted by Gasteiger charge is 2.52. The number of amides is 4. The average Bonchev–Trinajstić information content (AvgIpc) is 2.97. The SMILES string of the molecule is CC[C@@]1(c2ccccc2)NC(=O)N(NC(=O)C[NH2+][C@H](C)c2cccc(Cl)c2)C1=O. The second-order valence-corrected chi connectivity index (χ2v) is 7.45. The summed E-state index contributed by atoms with van der Waals surface area (Å²) < 4.78 is 0. The van der Waals surface area contributed by atoms with E-state index in [-0.39, 0.29) is 12.6 Å². The first-order valence-electron chi connectivity index (χ1n) is 9.48. The van der Waals surface area contributed by atoms with Crippen molar-refractivity contribution in [2.24, 2.45) is 0 Å². The second kappa shape index (κ2) is 8.63. The van der Waals surface area contributed by atoms with E-state index in [0.717, 1.165) is 10.6 Å². The lowest BCUT2D eigenvalue weighted by Gasteiger charge is -2.25. The van der Waals surface area contributed by atoms with Crippen LogP contribution in [-0.2, 0) is 15.1 Å². The van der Waals surface area contributed by atoms with E-state index in [4.69, 9.17) is 11.6 Å². The van der Waals surface area contributed by atoms with Crippen molar-refractivity contribution in [3.05, 3.63) is 70.7 Å². The molecule has 152 valence electrons. The maximum absolute atomic E-state index is 13.0. The highest BCUT2D eigenvalue weighted by atomic mass is 35.5. The molecular weight excluding hydrogens is 392 g/mol. The van der Waals surface area contributed by atoms with Gasteiger partial charge < -0.3 is 10.6 Å². The Morgan fingerprint density at radius 3 is 2.59 bits per heavy atom. The Hall–Kier alpha value is -2.90. The van der Waals surface area contributed by atoms with Gasteiger partial charge in [-0.15, -0.1) is 0 Å². The zero-order valence-electron chi connectivity index (χ0n) is 16.3. The van der Waals surface area contributed by atoms with Crippen LogP contribution in [0.5, 0.6) is 0 Å². The van der Waals surface area contributed by atoms with Crippen LogP contribution in [0.3, 0.4) is 0 Å². The smallest absolute Gasteiger partial charge is 0.332 e. The van der Waals surface area contributed by atoms with Crippen LogP contribution in [0.1, 0.15) is 37.4 Å². The van der Waals surface area contributed by atoms with Gasteiger partial charge in [-0.3, -0.25) is 15.0 Å². The highest BCUT2D eigenvalue weighted by Crippen LogP contribution is 2.31. The number of imide groups is 1. The van der Waals surface area contributed by atoms with Gasteiger partial charge in [0.25, 0.3) is 11.8 Å². The summed E-state index contributed by atoms with van der Waals surface area (Å²) in [6.07, 6.45) is 0.367. The van der Waals surface area contributed by atoms with Crippen LogP contribution in [0.4, 0.5) is 4.79 Å². The second-order valence-electron chi connectivity index (χ2n) is 7.01. The van der Waals surface area contributed by atoms with Gasteiger partial charge >= 0.3 is 6.03 Å². The summed E-state index contributed by atoms with van der Waals surface area (Å²) in [5, 5.41) is 5.95. The van der Waals surface area contributed by atoms with Crippen molar-refractivity contribution in [2.75, 3.05) is 6.54 Å². The average molecular weight is 416 g/mol. The number of rotatable bonds is 7. The number of urea groups is 1. The molecule has 0 saturated carbocycles. The van der Waals surface area contributed by atoms with Crippen molar-refractivity contribution >= 4 is 29.4 Å².